The molecule has 0 spiro atoms. The van der Waals surface area contributed by atoms with Gasteiger partial charge >= 0.3 is 0 Å². The lowest BCUT2D eigenvalue weighted by Crippen LogP contribution is -2.14. The Morgan fingerprint density at radius 1 is 1.06 bits per heavy atom. The number of nitriles is 1. The molecule has 6 nitrogen and oxygen atoms in total. The van der Waals surface area contributed by atoms with Crippen LogP contribution in [0.5, 0.6) is 5.75 Å². The first-order valence-corrected chi connectivity index (χ1v) is 12.0. The zero-order valence-corrected chi connectivity index (χ0v) is 19.8. The summed E-state index contributed by atoms with van der Waals surface area (Å²) in [7, 11) is 1.61. The molecule has 164 valence electrons. The smallest absolute Gasteiger partial charge is 0.236 e. The van der Waals surface area contributed by atoms with Crippen molar-refractivity contribution in [1.82, 2.24) is 9.97 Å². The highest BCUT2D eigenvalue weighted by molar-refractivity contribution is 8.00. The van der Waals surface area contributed by atoms with E-state index in [9.17, 15) is 10.1 Å². The Kier molecular flexibility index (Phi) is 7.25. The van der Waals surface area contributed by atoms with Gasteiger partial charge < -0.3 is 10.1 Å². The van der Waals surface area contributed by atoms with E-state index in [4.69, 9.17) is 16.3 Å². The van der Waals surface area contributed by atoms with Gasteiger partial charge in [-0.05, 0) is 48.5 Å². The van der Waals surface area contributed by atoms with Gasteiger partial charge in [-0.2, -0.15) is 5.26 Å². The zero-order valence-electron chi connectivity index (χ0n) is 17.4. The monoisotopic (exact) mass is 492 g/mol. The first-order valence-electron chi connectivity index (χ1n) is 9.75. The van der Waals surface area contributed by atoms with Crippen LogP contribution in [0.2, 0.25) is 5.02 Å². The van der Waals surface area contributed by atoms with Crippen LogP contribution in [0.15, 0.2) is 71.1 Å². The van der Waals surface area contributed by atoms with Gasteiger partial charge in [0.2, 0.25) is 5.91 Å². The molecular formula is C24H17ClN4O2S2. The van der Waals surface area contributed by atoms with Gasteiger partial charge in [0.15, 0.2) is 5.13 Å². The summed E-state index contributed by atoms with van der Waals surface area (Å²) in [5, 5.41) is 15.8. The van der Waals surface area contributed by atoms with E-state index in [0.717, 1.165) is 22.6 Å². The SMILES string of the molecule is COc1ccc(-c2ccc(C#N)c(SCC(=O)Nc3nc(-c4ccc(Cl)cc4)cs3)n2)cc1. The number of hydrogen-bond donors (Lipinski definition) is 1. The highest BCUT2D eigenvalue weighted by Crippen LogP contribution is 2.28. The number of nitrogens with one attached hydrogen (secondary N) is 1. The predicted molar refractivity (Wildman–Crippen MR) is 133 cm³/mol. The van der Waals surface area contributed by atoms with E-state index < -0.39 is 0 Å². The van der Waals surface area contributed by atoms with Gasteiger partial charge in [-0.1, -0.05) is 35.5 Å². The molecule has 1 N–H and O–H groups in total. The number of nitrogens with zero attached hydrogens (tertiary/aromatic N) is 3. The Morgan fingerprint density at radius 3 is 2.45 bits per heavy atom. The van der Waals surface area contributed by atoms with E-state index in [1.165, 1.54) is 23.1 Å². The lowest BCUT2D eigenvalue weighted by molar-refractivity contribution is -0.113. The molecular weight excluding hydrogens is 476 g/mol. The molecule has 0 aliphatic heterocycles. The zero-order chi connectivity index (χ0) is 23.2. The number of aromatic nitrogens is 2. The minimum atomic E-state index is -0.224. The average Bonchev–Trinajstić information content (AvgIpc) is 3.31. The molecule has 0 bridgehead atoms. The lowest BCUT2D eigenvalue weighted by atomic mass is 10.1. The molecule has 33 heavy (non-hydrogen) atoms. The fourth-order valence-corrected chi connectivity index (χ4v) is 4.57. The summed E-state index contributed by atoms with van der Waals surface area (Å²) in [5.41, 5.74) is 3.71. The molecule has 1 amide bonds. The Labute approximate surface area is 204 Å². The van der Waals surface area contributed by atoms with Crippen LogP contribution in [0, 0.1) is 11.3 Å². The number of rotatable bonds is 7. The first-order chi connectivity index (χ1) is 16.1. The van der Waals surface area contributed by atoms with Gasteiger partial charge in [-0.15, -0.1) is 11.3 Å². The summed E-state index contributed by atoms with van der Waals surface area (Å²) >= 11 is 8.49. The average molecular weight is 493 g/mol. The van der Waals surface area contributed by atoms with Gasteiger partial charge in [0.1, 0.15) is 16.8 Å². The second kappa shape index (κ2) is 10.5. The second-order valence-electron chi connectivity index (χ2n) is 6.77. The molecule has 0 saturated heterocycles. The van der Waals surface area contributed by atoms with Gasteiger partial charge in [0, 0.05) is 21.5 Å². The summed E-state index contributed by atoms with van der Waals surface area (Å²) < 4.78 is 5.19. The third kappa shape index (κ3) is 5.71. The molecule has 0 fully saturated rings. The molecule has 0 radical (unpaired) electrons. The fraction of sp³-hybridized carbons (Fsp3) is 0.0833. The highest BCUT2D eigenvalue weighted by atomic mass is 35.5. The van der Waals surface area contributed by atoms with Crippen molar-refractivity contribution in [2.75, 3.05) is 18.2 Å². The van der Waals surface area contributed by atoms with Crippen molar-refractivity contribution in [3.63, 3.8) is 0 Å². The third-order valence-corrected chi connectivity index (χ3v) is 6.60. The Balaban J connectivity index is 1.42. The molecule has 2 aromatic carbocycles. The van der Waals surface area contributed by atoms with Crippen LogP contribution in [-0.2, 0) is 4.79 Å². The number of carbonyl (C=O) groups is 1. The normalized spacial score (nSPS) is 10.5. The summed E-state index contributed by atoms with van der Waals surface area (Å²) in [4.78, 5) is 21.6. The van der Waals surface area contributed by atoms with E-state index in [0.29, 0.717) is 26.4 Å². The topological polar surface area (TPSA) is 87.9 Å². The number of benzene rings is 2. The number of carbonyl (C=O) groups excluding carboxylic acids is 1. The van der Waals surface area contributed by atoms with Crippen molar-refractivity contribution in [1.29, 1.82) is 5.26 Å². The third-order valence-electron chi connectivity index (χ3n) is 4.60. The Morgan fingerprint density at radius 2 is 1.76 bits per heavy atom. The largest absolute Gasteiger partial charge is 0.497 e. The van der Waals surface area contributed by atoms with Gasteiger partial charge in [0.05, 0.1) is 29.8 Å². The van der Waals surface area contributed by atoms with Gasteiger partial charge in [0.25, 0.3) is 0 Å². The number of thioether (sulfide) groups is 1. The number of halogens is 1. The molecule has 9 heteroatoms. The maximum atomic E-state index is 12.5. The van der Waals surface area contributed by atoms with Crippen molar-refractivity contribution >= 4 is 45.7 Å². The van der Waals surface area contributed by atoms with Gasteiger partial charge in [-0.3, -0.25) is 4.79 Å². The molecule has 0 saturated carbocycles. The Hall–Kier alpha value is -3.38. The van der Waals surface area contributed by atoms with E-state index in [1.54, 1.807) is 31.4 Å². The van der Waals surface area contributed by atoms with E-state index in [2.05, 4.69) is 21.4 Å². The predicted octanol–water partition coefficient (Wildman–Crippen LogP) is 6.14. The highest BCUT2D eigenvalue weighted by Gasteiger charge is 2.13. The molecule has 0 aliphatic carbocycles. The van der Waals surface area contributed by atoms with Crippen LogP contribution in [-0.4, -0.2) is 28.7 Å². The van der Waals surface area contributed by atoms with Crippen LogP contribution >= 0.6 is 34.7 Å². The maximum absolute atomic E-state index is 12.5. The van der Waals surface area contributed by atoms with Crippen LogP contribution < -0.4 is 10.1 Å². The minimum absolute atomic E-state index is 0.101. The summed E-state index contributed by atoms with van der Waals surface area (Å²) in [6, 6.07) is 20.5. The van der Waals surface area contributed by atoms with Crippen molar-refractivity contribution in [3.05, 3.63) is 76.6 Å². The molecule has 4 rings (SSSR count). The molecule has 0 atom stereocenters. The van der Waals surface area contributed by atoms with Crippen molar-refractivity contribution < 1.29 is 9.53 Å². The van der Waals surface area contributed by atoms with E-state index in [-0.39, 0.29) is 11.7 Å². The number of amides is 1. The minimum Gasteiger partial charge on any atom is -0.497 e. The number of ether oxygens (including phenoxy) is 1. The van der Waals surface area contributed by atoms with Crippen molar-refractivity contribution in [2.24, 2.45) is 0 Å². The van der Waals surface area contributed by atoms with Crippen LogP contribution in [0.25, 0.3) is 22.5 Å². The standard InChI is InChI=1S/C24H17ClN4O2S2/c1-31-19-9-4-15(5-10-19)20-11-6-17(12-26)23(27-20)32-14-22(30)29-24-28-21(13-33-24)16-2-7-18(25)8-3-16/h2-11,13H,14H2,1H3,(H,28,29,30). The van der Waals surface area contributed by atoms with Crippen LogP contribution in [0.1, 0.15) is 5.56 Å². The summed E-state index contributed by atoms with van der Waals surface area (Å²) in [5.74, 6) is 0.626. The molecule has 2 aromatic heterocycles. The van der Waals surface area contributed by atoms with E-state index >= 15 is 0 Å². The first kappa shape index (κ1) is 22.8. The quantitative estimate of drug-likeness (QED) is 0.312. The molecule has 0 aliphatic rings. The van der Waals surface area contributed by atoms with Crippen LogP contribution in [0.3, 0.4) is 0 Å². The van der Waals surface area contributed by atoms with Crippen molar-refractivity contribution in [2.45, 2.75) is 5.03 Å². The summed E-state index contributed by atoms with van der Waals surface area (Å²) in [6.45, 7) is 0. The number of hydrogen-bond acceptors (Lipinski definition) is 7. The van der Waals surface area contributed by atoms with E-state index in [1.807, 2.05) is 41.8 Å². The fourth-order valence-electron chi connectivity index (χ4n) is 2.93. The second-order valence-corrected chi connectivity index (χ2v) is 9.03. The maximum Gasteiger partial charge on any atom is 0.236 e. The molecule has 4 aromatic rings. The number of methoxy groups -OCH3 is 1. The number of pyridine rings is 1. The molecule has 2 heterocycles. The summed E-state index contributed by atoms with van der Waals surface area (Å²) in [6.07, 6.45) is 0. The number of anilines is 1. The van der Waals surface area contributed by atoms with Gasteiger partial charge in [-0.25, -0.2) is 9.97 Å². The lowest BCUT2D eigenvalue weighted by Gasteiger charge is -2.07. The number of thiazole rings is 1. The van der Waals surface area contributed by atoms with Crippen molar-refractivity contribution in [3.8, 4) is 34.3 Å². The molecule has 0 unspecified atom stereocenters. The Bertz CT molecular complexity index is 1320. The van der Waals surface area contributed by atoms with Crippen LogP contribution in [0.4, 0.5) is 5.13 Å².